The number of Topliss-reactive ketones (excluding diaryl/α,β-unsaturated/α-hetero) is 1. The molecule has 1 saturated carbocycles. The molecule has 1 aliphatic rings. The Bertz CT molecular complexity index is 435. The Kier molecular flexibility index (Phi) is 4.18. The quantitative estimate of drug-likeness (QED) is 0.716. The van der Waals surface area contributed by atoms with Gasteiger partial charge < -0.3 is 0 Å². The Morgan fingerprint density at radius 1 is 1.28 bits per heavy atom. The number of benzene rings is 1. The molecule has 0 spiro atoms. The molecule has 1 aliphatic carbocycles. The summed E-state index contributed by atoms with van der Waals surface area (Å²) in [6.45, 7) is 7.95. The van der Waals surface area contributed by atoms with Crippen LogP contribution in [0.3, 0.4) is 0 Å². The number of carbonyl (C=O) groups is 1. The topological polar surface area (TPSA) is 20.3 Å². The summed E-state index contributed by atoms with van der Waals surface area (Å²) >= 11 is 0. The van der Waals surface area contributed by atoms with Crippen molar-refractivity contribution < 1.29 is 4.79 Å². The van der Waals surface area contributed by atoms with E-state index < -0.39 is 0 Å². The molecule has 2 nitrogen and oxygen atoms in total. The van der Waals surface area contributed by atoms with Crippen LogP contribution in [-0.2, 0) is 0 Å². The van der Waals surface area contributed by atoms with Gasteiger partial charge in [0.05, 0.1) is 6.54 Å². The summed E-state index contributed by atoms with van der Waals surface area (Å²) in [5, 5.41) is 0. The second-order valence-electron chi connectivity index (χ2n) is 5.42. The van der Waals surface area contributed by atoms with Gasteiger partial charge in [-0.1, -0.05) is 19.1 Å². The molecule has 0 aliphatic heterocycles. The van der Waals surface area contributed by atoms with Crippen LogP contribution in [0.25, 0.3) is 0 Å². The highest BCUT2D eigenvalue weighted by atomic mass is 16.1. The zero-order valence-corrected chi connectivity index (χ0v) is 11.7. The Hall–Kier alpha value is -1.15. The second kappa shape index (κ2) is 5.66. The fraction of sp³-hybridized carbons (Fsp3) is 0.562. The zero-order chi connectivity index (χ0) is 13.1. The van der Waals surface area contributed by atoms with Gasteiger partial charge in [-0.2, -0.15) is 0 Å². The van der Waals surface area contributed by atoms with Gasteiger partial charge in [0.1, 0.15) is 0 Å². The molecule has 0 atom stereocenters. The molecule has 0 amide bonds. The summed E-state index contributed by atoms with van der Waals surface area (Å²) in [7, 11) is 0. The van der Waals surface area contributed by atoms with Crippen LogP contribution < -0.4 is 0 Å². The Morgan fingerprint density at radius 3 is 2.56 bits per heavy atom. The molecule has 1 fully saturated rings. The standard InChI is InChI=1S/C16H23NO/c1-4-9-17(15-7-8-15)11-16(18)14-6-5-12(2)13(3)10-14/h5-6,10,15H,4,7-9,11H2,1-3H3. The number of hydrogen-bond donors (Lipinski definition) is 0. The van der Waals surface area contributed by atoms with Gasteiger partial charge in [0.15, 0.2) is 5.78 Å². The maximum Gasteiger partial charge on any atom is 0.176 e. The Labute approximate surface area is 110 Å². The summed E-state index contributed by atoms with van der Waals surface area (Å²) in [6.07, 6.45) is 3.65. The predicted molar refractivity (Wildman–Crippen MR) is 75.1 cm³/mol. The minimum absolute atomic E-state index is 0.262. The minimum Gasteiger partial charge on any atom is -0.293 e. The number of hydrogen-bond acceptors (Lipinski definition) is 2. The van der Waals surface area contributed by atoms with Crippen molar-refractivity contribution in [2.24, 2.45) is 0 Å². The summed E-state index contributed by atoms with van der Waals surface area (Å²) < 4.78 is 0. The van der Waals surface area contributed by atoms with E-state index in [0.717, 1.165) is 18.5 Å². The number of carbonyl (C=O) groups excluding carboxylic acids is 1. The third kappa shape index (κ3) is 3.20. The van der Waals surface area contributed by atoms with Crippen molar-refractivity contribution in [2.75, 3.05) is 13.1 Å². The first-order valence-electron chi connectivity index (χ1n) is 6.96. The summed E-state index contributed by atoms with van der Waals surface area (Å²) in [5.74, 6) is 0.262. The number of aryl methyl sites for hydroxylation is 2. The van der Waals surface area contributed by atoms with Crippen LogP contribution in [0, 0.1) is 13.8 Å². The average Bonchev–Trinajstić information content (AvgIpc) is 3.16. The lowest BCUT2D eigenvalue weighted by molar-refractivity contribution is 0.0924. The van der Waals surface area contributed by atoms with Gasteiger partial charge in [-0.15, -0.1) is 0 Å². The van der Waals surface area contributed by atoms with Crippen LogP contribution in [0.1, 0.15) is 47.7 Å². The third-order valence-electron chi connectivity index (χ3n) is 3.75. The summed E-state index contributed by atoms with van der Waals surface area (Å²) in [5.41, 5.74) is 3.31. The lowest BCUT2D eigenvalue weighted by Gasteiger charge is -2.20. The third-order valence-corrected chi connectivity index (χ3v) is 3.75. The van der Waals surface area contributed by atoms with E-state index in [0.29, 0.717) is 12.6 Å². The first-order chi connectivity index (χ1) is 8.61. The molecule has 0 heterocycles. The largest absolute Gasteiger partial charge is 0.293 e. The number of ketones is 1. The molecule has 1 aromatic rings. The van der Waals surface area contributed by atoms with Gasteiger partial charge in [0, 0.05) is 11.6 Å². The Morgan fingerprint density at radius 2 is 2.00 bits per heavy atom. The highest BCUT2D eigenvalue weighted by molar-refractivity contribution is 5.97. The van der Waals surface area contributed by atoms with E-state index in [1.54, 1.807) is 0 Å². The van der Waals surface area contributed by atoms with Crippen molar-refractivity contribution in [1.82, 2.24) is 4.90 Å². The van der Waals surface area contributed by atoms with E-state index in [4.69, 9.17) is 0 Å². The molecular formula is C16H23NO. The van der Waals surface area contributed by atoms with Crippen LogP contribution in [0.15, 0.2) is 18.2 Å². The lowest BCUT2D eigenvalue weighted by atomic mass is 10.0. The number of rotatable bonds is 6. The van der Waals surface area contributed by atoms with E-state index in [9.17, 15) is 4.79 Å². The average molecular weight is 245 g/mol. The van der Waals surface area contributed by atoms with Crippen LogP contribution in [-0.4, -0.2) is 29.8 Å². The first kappa shape index (κ1) is 13.3. The molecule has 98 valence electrons. The lowest BCUT2D eigenvalue weighted by Crippen LogP contribution is -2.32. The van der Waals surface area contributed by atoms with Crippen molar-refractivity contribution in [3.8, 4) is 0 Å². The van der Waals surface area contributed by atoms with Gasteiger partial charge >= 0.3 is 0 Å². The van der Waals surface area contributed by atoms with Crippen LogP contribution in [0.4, 0.5) is 0 Å². The van der Waals surface area contributed by atoms with Crippen molar-refractivity contribution in [2.45, 2.75) is 46.1 Å². The molecule has 2 rings (SSSR count). The van der Waals surface area contributed by atoms with Gasteiger partial charge in [-0.25, -0.2) is 0 Å². The monoisotopic (exact) mass is 245 g/mol. The van der Waals surface area contributed by atoms with Gasteiger partial charge in [-0.3, -0.25) is 9.69 Å². The fourth-order valence-electron chi connectivity index (χ4n) is 2.31. The molecule has 0 unspecified atom stereocenters. The van der Waals surface area contributed by atoms with E-state index >= 15 is 0 Å². The minimum atomic E-state index is 0.262. The van der Waals surface area contributed by atoms with E-state index in [2.05, 4.69) is 25.7 Å². The van der Waals surface area contributed by atoms with E-state index in [1.807, 2.05) is 18.2 Å². The predicted octanol–water partition coefficient (Wildman–Crippen LogP) is 3.36. The molecule has 18 heavy (non-hydrogen) atoms. The van der Waals surface area contributed by atoms with Crippen molar-refractivity contribution in [3.63, 3.8) is 0 Å². The van der Waals surface area contributed by atoms with Gasteiger partial charge in [0.25, 0.3) is 0 Å². The molecule has 1 aromatic carbocycles. The maximum absolute atomic E-state index is 12.3. The zero-order valence-electron chi connectivity index (χ0n) is 11.7. The fourth-order valence-corrected chi connectivity index (χ4v) is 2.31. The molecule has 2 heteroatoms. The second-order valence-corrected chi connectivity index (χ2v) is 5.42. The molecule has 0 N–H and O–H groups in total. The van der Waals surface area contributed by atoms with E-state index in [1.165, 1.54) is 24.0 Å². The SMILES string of the molecule is CCCN(CC(=O)c1ccc(C)c(C)c1)C1CC1. The Balaban J connectivity index is 2.03. The van der Waals surface area contributed by atoms with Crippen LogP contribution in [0.2, 0.25) is 0 Å². The normalized spacial score (nSPS) is 15.1. The number of nitrogens with zero attached hydrogens (tertiary/aromatic N) is 1. The molecular weight excluding hydrogens is 222 g/mol. The van der Waals surface area contributed by atoms with Crippen molar-refractivity contribution in [1.29, 1.82) is 0 Å². The molecule has 0 radical (unpaired) electrons. The van der Waals surface area contributed by atoms with Crippen molar-refractivity contribution >= 4 is 5.78 Å². The molecule has 0 bridgehead atoms. The molecule has 0 aromatic heterocycles. The van der Waals surface area contributed by atoms with Gasteiger partial charge in [0.2, 0.25) is 0 Å². The first-order valence-corrected chi connectivity index (χ1v) is 6.96. The van der Waals surface area contributed by atoms with Crippen LogP contribution >= 0.6 is 0 Å². The smallest absolute Gasteiger partial charge is 0.176 e. The van der Waals surface area contributed by atoms with Gasteiger partial charge in [-0.05, 0) is 56.8 Å². The summed E-state index contributed by atoms with van der Waals surface area (Å²) in [6, 6.07) is 6.70. The maximum atomic E-state index is 12.3. The summed E-state index contributed by atoms with van der Waals surface area (Å²) in [4.78, 5) is 14.6. The highest BCUT2D eigenvalue weighted by Crippen LogP contribution is 2.27. The van der Waals surface area contributed by atoms with Crippen molar-refractivity contribution in [3.05, 3.63) is 34.9 Å². The molecule has 0 saturated heterocycles. The highest BCUT2D eigenvalue weighted by Gasteiger charge is 2.29. The van der Waals surface area contributed by atoms with E-state index in [-0.39, 0.29) is 5.78 Å². The van der Waals surface area contributed by atoms with Crippen LogP contribution in [0.5, 0.6) is 0 Å².